The van der Waals surface area contributed by atoms with Crippen molar-refractivity contribution in [3.63, 3.8) is 0 Å². The molecule has 0 aliphatic heterocycles. The van der Waals surface area contributed by atoms with Crippen LogP contribution >= 0.6 is 0 Å². The van der Waals surface area contributed by atoms with Crippen LogP contribution in [0.2, 0.25) is 0 Å². The molecule has 0 aliphatic rings. The number of aromatic nitrogens is 1. The number of H-pyrrole nitrogens is 1. The van der Waals surface area contributed by atoms with Gasteiger partial charge in [0.2, 0.25) is 0 Å². The van der Waals surface area contributed by atoms with E-state index < -0.39 is 0 Å². The lowest BCUT2D eigenvalue weighted by molar-refractivity contribution is 0.210. The molecule has 1 rings (SSSR count). The monoisotopic (exact) mass is 182 g/mol. The molecule has 0 unspecified atom stereocenters. The third kappa shape index (κ3) is 3.20. The molecule has 0 aromatic carbocycles. The number of hydrogen-bond acceptors (Lipinski definition) is 2. The van der Waals surface area contributed by atoms with Crippen molar-refractivity contribution in [2.75, 3.05) is 6.61 Å². The summed E-state index contributed by atoms with van der Waals surface area (Å²) in [5.41, 5.74) is 1.22. The van der Waals surface area contributed by atoms with Crippen LogP contribution in [0.5, 0.6) is 0 Å². The van der Waals surface area contributed by atoms with E-state index in [4.69, 9.17) is 5.11 Å². The summed E-state index contributed by atoms with van der Waals surface area (Å²) in [5, 5.41) is 12.4. The SMILES string of the molecule is CC(C)[C@@H](CO)NCc1cc[nH]c1. The Morgan fingerprint density at radius 1 is 1.54 bits per heavy atom. The van der Waals surface area contributed by atoms with Gasteiger partial charge in [0, 0.05) is 25.0 Å². The maximum absolute atomic E-state index is 9.05. The average molecular weight is 182 g/mol. The van der Waals surface area contributed by atoms with Gasteiger partial charge in [-0.15, -0.1) is 0 Å². The Kier molecular flexibility index (Phi) is 3.99. The zero-order valence-electron chi connectivity index (χ0n) is 8.25. The molecule has 0 fully saturated rings. The third-order valence-corrected chi connectivity index (χ3v) is 2.23. The van der Waals surface area contributed by atoms with Gasteiger partial charge < -0.3 is 15.4 Å². The molecule has 1 aromatic heterocycles. The van der Waals surface area contributed by atoms with Crippen LogP contribution in [0, 0.1) is 5.92 Å². The van der Waals surface area contributed by atoms with Gasteiger partial charge in [-0.1, -0.05) is 13.8 Å². The molecule has 1 aromatic rings. The summed E-state index contributed by atoms with van der Waals surface area (Å²) in [7, 11) is 0. The minimum absolute atomic E-state index is 0.190. The smallest absolute Gasteiger partial charge is 0.0587 e. The summed E-state index contributed by atoms with van der Waals surface area (Å²) in [5.74, 6) is 0.462. The molecule has 1 heterocycles. The van der Waals surface area contributed by atoms with E-state index in [1.54, 1.807) is 0 Å². The van der Waals surface area contributed by atoms with Crippen molar-refractivity contribution in [2.45, 2.75) is 26.4 Å². The van der Waals surface area contributed by atoms with E-state index in [1.807, 2.05) is 18.5 Å². The second-order valence-corrected chi connectivity index (χ2v) is 3.63. The van der Waals surface area contributed by atoms with E-state index >= 15 is 0 Å². The standard InChI is InChI=1S/C10H18N2O/c1-8(2)10(7-13)12-6-9-3-4-11-5-9/h3-5,8,10-13H,6-7H2,1-2H3/t10-/m1/s1. The van der Waals surface area contributed by atoms with Gasteiger partial charge in [-0.25, -0.2) is 0 Å². The first-order valence-electron chi connectivity index (χ1n) is 4.70. The van der Waals surface area contributed by atoms with E-state index in [2.05, 4.69) is 24.1 Å². The number of aliphatic hydroxyl groups excluding tert-OH is 1. The van der Waals surface area contributed by atoms with Crippen LogP contribution in [0.1, 0.15) is 19.4 Å². The number of aliphatic hydroxyl groups is 1. The highest BCUT2D eigenvalue weighted by molar-refractivity contribution is 5.07. The van der Waals surface area contributed by atoms with Crippen LogP contribution < -0.4 is 5.32 Å². The number of rotatable bonds is 5. The van der Waals surface area contributed by atoms with Gasteiger partial charge in [0.05, 0.1) is 6.61 Å². The maximum atomic E-state index is 9.05. The van der Waals surface area contributed by atoms with Gasteiger partial charge in [0.25, 0.3) is 0 Å². The zero-order valence-corrected chi connectivity index (χ0v) is 8.25. The van der Waals surface area contributed by atoms with Crippen molar-refractivity contribution in [1.82, 2.24) is 10.3 Å². The minimum Gasteiger partial charge on any atom is -0.395 e. The Bertz CT molecular complexity index is 219. The topological polar surface area (TPSA) is 48.0 Å². The summed E-state index contributed by atoms with van der Waals surface area (Å²) < 4.78 is 0. The van der Waals surface area contributed by atoms with Gasteiger partial charge in [-0.3, -0.25) is 0 Å². The summed E-state index contributed by atoms with van der Waals surface area (Å²) >= 11 is 0. The van der Waals surface area contributed by atoms with Crippen LogP contribution in [-0.4, -0.2) is 22.7 Å². The van der Waals surface area contributed by atoms with E-state index in [-0.39, 0.29) is 12.6 Å². The van der Waals surface area contributed by atoms with Gasteiger partial charge in [-0.2, -0.15) is 0 Å². The first kappa shape index (κ1) is 10.3. The van der Waals surface area contributed by atoms with Crippen LogP contribution in [0.25, 0.3) is 0 Å². The summed E-state index contributed by atoms with van der Waals surface area (Å²) in [6, 6.07) is 2.22. The largest absolute Gasteiger partial charge is 0.395 e. The number of hydrogen-bond donors (Lipinski definition) is 3. The van der Waals surface area contributed by atoms with Crippen molar-refractivity contribution in [3.05, 3.63) is 24.0 Å². The fourth-order valence-corrected chi connectivity index (χ4v) is 1.23. The molecule has 0 spiro atoms. The molecule has 13 heavy (non-hydrogen) atoms. The normalized spacial score (nSPS) is 13.5. The second-order valence-electron chi connectivity index (χ2n) is 3.63. The molecule has 0 saturated carbocycles. The number of nitrogens with one attached hydrogen (secondary N) is 2. The zero-order chi connectivity index (χ0) is 9.68. The van der Waals surface area contributed by atoms with E-state index in [0.29, 0.717) is 5.92 Å². The lowest BCUT2D eigenvalue weighted by atomic mass is 10.1. The molecule has 0 radical (unpaired) electrons. The van der Waals surface area contributed by atoms with Crippen LogP contribution in [0.3, 0.4) is 0 Å². The van der Waals surface area contributed by atoms with Crippen LogP contribution in [0.15, 0.2) is 18.5 Å². The molecular formula is C10H18N2O. The Morgan fingerprint density at radius 3 is 2.77 bits per heavy atom. The first-order valence-corrected chi connectivity index (χ1v) is 4.70. The predicted molar refractivity (Wildman–Crippen MR) is 53.3 cm³/mol. The molecule has 0 amide bonds. The Labute approximate surface area is 79.2 Å². The van der Waals surface area contributed by atoms with Gasteiger partial charge in [0.15, 0.2) is 0 Å². The Balaban J connectivity index is 2.32. The molecule has 3 N–H and O–H groups in total. The fourth-order valence-electron chi connectivity index (χ4n) is 1.23. The lowest BCUT2D eigenvalue weighted by Crippen LogP contribution is -2.36. The predicted octanol–water partition coefficient (Wildman–Crippen LogP) is 1.12. The third-order valence-electron chi connectivity index (χ3n) is 2.23. The van der Waals surface area contributed by atoms with E-state index in [9.17, 15) is 0 Å². The highest BCUT2D eigenvalue weighted by Crippen LogP contribution is 2.02. The van der Waals surface area contributed by atoms with Crippen LogP contribution in [-0.2, 0) is 6.54 Å². The summed E-state index contributed by atoms with van der Waals surface area (Å²) in [6.45, 7) is 5.21. The van der Waals surface area contributed by atoms with E-state index in [1.165, 1.54) is 5.56 Å². The number of aromatic amines is 1. The molecular weight excluding hydrogens is 164 g/mol. The molecule has 0 aliphatic carbocycles. The molecule has 0 saturated heterocycles. The molecule has 3 heteroatoms. The van der Waals surface area contributed by atoms with Crippen molar-refractivity contribution >= 4 is 0 Å². The quantitative estimate of drug-likeness (QED) is 0.639. The van der Waals surface area contributed by atoms with Crippen LogP contribution in [0.4, 0.5) is 0 Å². The maximum Gasteiger partial charge on any atom is 0.0587 e. The van der Waals surface area contributed by atoms with Gasteiger partial charge in [0.1, 0.15) is 0 Å². The highest BCUT2D eigenvalue weighted by atomic mass is 16.3. The first-order chi connectivity index (χ1) is 6.24. The van der Waals surface area contributed by atoms with Crippen molar-refractivity contribution < 1.29 is 5.11 Å². The second kappa shape index (κ2) is 5.04. The average Bonchev–Trinajstić information content (AvgIpc) is 2.57. The molecule has 3 nitrogen and oxygen atoms in total. The summed E-state index contributed by atoms with van der Waals surface area (Å²) in [4.78, 5) is 3.00. The molecule has 0 bridgehead atoms. The van der Waals surface area contributed by atoms with Crippen molar-refractivity contribution in [2.24, 2.45) is 5.92 Å². The van der Waals surface area contributed by atoms with E-state index in [0.717, 1.165) is 6.54 Å². The summed E-state index contributed by atoms with van der Waals surface area (Å²) in [6.07, 6.45) is 3.86. The molecule has 74 valence electrons. The molecule has 1 atom stereocenters. The Hall–Kier alpha value is -0.800. The Morgan fingerprint density at radius 2 is 2.31 bits per heavy atom. The minimum atomic E-state index is 0.190. The van der Waals surface area contributed by atoms with Gasteiger partial charge in [-0.05, 0) is 17.5 Å². The lowest BCUT2D eigenvalue weighted by Gasteiger charge is -2.19. The van der Waals surface area contributed by atoms with Crippen molar-refractivity contribution in [1.29, 1.82) is 0 Å². The van der Waals surface area contributed by atoms with Crippen molar-refractivity contribution in [3.8, 4) is 0 Å². The highest BCUT2D eigenvalue weighted by Gasteiger charge is 2.10. The fraction of sp³-hybridized carbons (Fsp3) is 0.600. The van der Waals surface area contributed by atoms with Gasteiger partial charge >= 0.3 is 0 Å².